The van der Waals surface area contributed by atoms with E-state index in [-0.39, 0.29) is 16.9 Å². The SMILES string of the molecule is COc1ccc(Br)c(C=Nc2cc(C(C)(C)C)ccc2O)c1O. The van der Waals surface area contributed by atoms with Crippen LogP contribution in [0.25, 0.3) is 0 Å². The fraction of sp³-hybridized carbons (Fsp3) is 0.278. The molecule has 5 heteroatoms. The summed E-state index contributed by atoms with van der Waals surface area (Å²) in [5.74, 6) is 0.451. The van der Waals surface area contributed by atoms with Gasteiger partial charge in [-0.1, -0.05) is 26.8 Å². The number of rotatable bonds is 3. The molecule has 4 nitrogen and oxygen atoms in total. The highest BCUT2D eigenvalue weighted by atomic mass is 79.9. The first-order valence-electron chi connectivity index (χ1n) is 7.17. The van der Waals surface area contributed by atoms with Gasteiger partial charge in [0.2, 0.25) is 0 Å². The van der Waals surface area contributed by atoms with Crippen LogP contribution in [0.3, 0.4) is 0 Å². The molecule has 0 aliphatic heterocycles. The lowest BCUT2D eigenvalue weighted by atomic mass is 9.87. The van der Waals surface area contributed by atoms with E-state index in [1.807, 2.05) is 12.1 Å². The Morgan fingerprint density at radius 2 is 1.83 bits per heavy atom. The molecule has 0 atom stereocenters. The minimum atomic E-state index is -0.0450. The van der Waals surface area contributed by atoms with Crippen molar-refractivity contribution in [2.24, 2.45) is 4.99 Å². The Bertz CT molecular complexity index is 749. The predicted molar refractivity (Wildman–Crippen MR) is 96.4 cm³/mol. The van der Waals surface area contributed by atoms with E-state index in [9.17, 15) is 10.2 Å². The number of hydrogen-bond donors (Lipinski definition) is 2. The van der Waals surface area contributed by atoms with Gasteiger partial charge >= 0.3 is 0 Å². The lowest BCUT2D eigenvalue weighted by molar-refractivity contribution is 0.373. The molecule has 0 unspecified atom stereocenters. The van der Waals surface area contributed by atoms with Gasteiger partial charge in [-0.3, -0.25) is 4.99 Å². The Kier molecular flexibility index (Phi) is 5.00. The average Bonchev–Trinajstić information content (AvgIpc) is 2.47. The van der Waals surface area contributed by atoms with Gasteiger partial charge in [0, 0.05) is 10.7 Å². The highest BCUT2D eigenvalue weighted by molar-refractivity contribution is 9.10. The molecule has 0 amide bonds. The van der Waals surface area contributed by atoms with Gasteiger partial charge in [-0.25, -0.2) is 0 Å². The van der Waals surface area contributed by atoms with Crippen LogP contribution in [0.2, 0.25) is 0 Å². The van der Waals surface area contributed by atoms with Gasteiger partial charge in [-0.15, -0.1) is 0 Å². The molecule has 0 aliphatic carbocycles. The second kappa shape index (κ2) is 6.62. The first-order chi connectivity index (χ1) is 10.7. The summed E-state index contributed by atoms with van der Waals surface area (Å²) in [6, 6.07) is 8.79. The molecule has 2 rings (SSSR count). The van der Waals surface area contributed by atoms with Gasteiger partial charge in [0.25, 0.3) is 0 Å². The van der Waals surface area contributed by atoms with Crippen molar-refractivity contribution >= 4 is 27.8 Å². The molecule has 0 saturated heterocycles. The Morgan fingerprint density at radius 1 is 1.13 bits per heavy atom. The first-order valence-corrected chi connectivity index (χ1v) is 7.96. The summed E-state index contributed by atoms with van der Waals surface area (Å²) in [5.41, 5.74) is 1.96. The van der Waals surface area contributed by atoms with E-state index >= 15 is 0 Å². The molecule has 0 aromatic heterocycles. The molecule has 2 aromatic rings. The van der Waals surface area contributed by atoms with Gasteiger partial charge in [0.15, 0.2) is 11.5 Å². The average molecular weight is 378 g/mol. The number of ether oxygens (including phenoxy) is 1. The van der Waals surface area contributed by atoms with Crippen LogP contribution in [0.1, 0.15) is 31.9 Å². The van der Waals surface area contributed by atoms with Gasteiger partial charge in [0.05, 0.1) is 12.7 Å². The minimum Gasteiger partial charge on any atom is -0.506 e. The van der Waals surface area contributed by atoms with E-state index in [1.54, 1.807) is 18.2 Å². The molecule has 0 fully saturated rings. The van der Waals surface area contributed by atoms with Crippen molar-refractivity contribution in [3.63, 3.8) is 0 Å². The normalized spacial score (nSPS) is 11.9. The Labute approximate surface area is 144 Å². The highest BCUT2D eigenvalue weighted by Gasteiger charge is 2.15. The fourth-order valence-electron chi connectivity index (χ4n) is 2.08. The first kappa shape index (κ1) is 17.3. The molecule has 23 heavy (non-hydrogen) atoms. The molecule has 0 bridgehead atoms. The number of benzene rings is 2. The third kappa shape index (κ3) is 3.85. The highest BCUT2D eigenvalue weighted by Crippen LogP contribution is 2.36. The van der Waals surface area contributed by atoms with Gasteiger partial charge in [0.1, 0.15) is 11.4 Å². The summed E-state index contributed by atoms with van der Waals surface area (Å²) in [6.07, 6.45) is 1.50. The van der Waals surface area contributed by atoms with Crippen LogP contribution in [-0.2, 0) is 5.41 Å². The summed E-state index contributed by atoms with van der Waals surface area (Å²) in [5, 5.41) is 20.2. The summed E-state index contributed by atoms with van der Waals surface area (Å²) in [4.78, 5) is 4.33. The third-order valence-electron chi connectivity index (χ3n) is 3.52. The predicted octanol–water partition coefficient (Wildman–Crippen LogP) is 4.92. The van der Waals surface area contributed by atoms with Crippen LogP contribution in [0, 0.1) is 0 Å². The minimum absolute atomic E-state index is 0.00269. The monoisotopic (exact) mass is 377 g/mol. The zero-order valence-corrected chi connectivity index (χ0v) is 15.2. The van der Waals surface area contributed by atoms with Gasteiger partial charge < -0.3 is 14.9 Å². The largest absolute Gasteiger partial charge is 0.506 e. The number of phenols is 2. The number of aliphatic imine (C=N–C) groups is 1. The van der Waals surface area contributed by atoms with Crippen molar-refractivity contribution in [1.82, 2.24) is 0 Å². The maximum absolute atomic E-state index is 10.2. The Hall–Kier alpha value is -2.01. The zero-order valence-electron chi connectivity index (χ0n) is 13.6. The van der Waals surface area contributed by atoms with Gasteiger partial charge in [-0.05, 0) is 51.2 Å². The van der Waals surface area contributed by atoms with Crippen molar-refractivity contribution < 1.29 is 14.9 Å². The number of hydrogen-bond acceptors (Lipinski definition) is 4. The maximum Gasteiger partial charge on any atom is 0.167 e. The molecule has 0 saturated carbocycles. The van der Waals surface area contributed by atoms with E-state index in [0.717, 1.165) is 5.56 Å². The Morgan fingerprint density at radius 3 is 2.43 bits per heavy atom. The second-order valence-electron chi connectivity index (χ2n) is 6.22. The van der Waals surface area contributed by atoms with E-state index < -0.39 is 0 Å². The standard InChI is InChI=1S/C18H20BrNO3/c1-18(2,3)11-5-7-15(21)14(9-11)20-10-12-13(19)6-8-16(23-4)17(12)22/h5-10,21-22H,1-4H3. The van der Waals surface area contributed by atoms with Gasteiger partial charge in [-0.2, -0.15) is 0 Å². The quantitative estimate of drug-likeness (QED) is 0.746. The second-order valence-corrected chi connectivity index (χ2v) is 7.08. The molecule has 0 radical (unpaired) electrons. The summed E-state index contributed by atoms with van der Waals surface area (Å²) in [6.45, 7) is 6.28. The number of aromatic hydroxyl groups is 2. The fourth-order valence-corrected chi connectivity index (χ4v) is 2.50. The molecule has 0 spiro atoms. The maximum atomic E-state index is 10.2. The van der Waals surface area contributed by atoms with Crippen LogP contribution in [0.4, 0.5) is 5.69 Å². The van der Waals surface area contributed by atoms with Crippen molar-refractivity contribution in [3.8, 4) is 17.2 Å². The van der Waals surface area contributed by atoms with Crippen LogP contribution < -0.4 is 4.74 Å². The molecule has 2 N–H and O–H groups in total. The van der Waals surface area contributed by atoms with E-state index in [0.29, 0.717) is 21.5 Å². The third-order valence-corrected chi connectivity index (χ3v) is 4.21. The molecule has 2 aromatic carbocycles. The summed E-state index contributed by atoms with van der Waals surface area (Å²) in [7, 11) is 1.49. The zero-order chi connectivity index (χ0) is 17.2. The lowest BCUT2D eigenvalue weighted by Crippen LogP contribution is -2.10. The van der Waals surface area contributed by atoms with Crippen LogP contribution in [0.15, 0.2) is 39.8 Å². The van der Waals surface area contributed by atoms with Crippen LogP contribution in [-0.4, -0.2) is 23.5 Å². The van der Waals surface area contributed by atoms with E-state index in [4.69, 9.17) is 4.74 Å². The molecular formula is C18H20BrNO3. The van der Waals surface area contributed by atoms with E-state index in [2.05, 4.69) is 41.7 Å². The van der Waals surface area contributed by atoms with E-state index in [1.165, 1.54) is 13.3 Å². The summed E-state index contributed by atoms with van der Waals surface area (Å²) >= 11 is 3.38. The number of nitrogens with zero attached hydrogens (tertiary/aromatic N) is 1. The molecular weight excluding hydrogens is 358 g/mol. The van der Waals surface area contributed by atoms with Crippen LogP contribution >= 0.6 is 15.9 Å². The Balaban J connectivity index is 2.45. The summed E-state index contributed by atoms with van der Waals surface area (Å²) < 4.78 is 5.78. The molecule has 0 heterocycles. The van der Waals surface area contributed by atoms with Crippen molar-refractivity contribution in [2.75, 3.05) is 7.11 Å². The number of halogens is 1. The van der Waals surface area contributed by atoms with Crippen molar-refractivity contribution in [2.45, 2.75) is 26.2 Å². The number of methoxy groups -OCH3 is 1. The van der Waals surface area contributed by atoms with Crippen LogP contribution in [0.5, 0.6) is 17.2 Å². The lowest BCUT2D eigenvalue weighted by Gasteiger charge is -2.19. The smallest absolute Gasteiger partial charge is 0.167 e. The topological polar surface area (TPSA) is 62.0 Å². The molecule has 0 aliphatic rings. The van der Waals surface area contributed by atoms with Crippen molar-refractivity contribution in [3.05, 3.63) is 45.9 Å². The van der Waals surface area contributed by atoms with Crippen molar-refractivity contribution in [1.29, 1.82) is 0 Å². The number of phenolic OH excluding ortho intramolecular Hbond substituents is 2. The molecule has 122 valence electrons.